The first-order chi connectivity index (χ1) is 12.7. The summed E-state index contributed by atoms with van der Waals surface area (Å²) in [6.45, 7) is 2.13. The molecule has 0 bridgehead atoms. The van der Waals surface area contributed by atoms with Crippen molar-refractivity contribution in [3.8, 4) is 17.2 Å². The van der Waals surface area contributed by atoms with E-state index in [9.17, 15) is 5.26 Å². The lowest BCUT2D eigenvalue weighted by Crippen LogP contribution is -1.89. The highest BCUT2D eigenvalue weighted by molar-refractivity contribution is 7.13. The van der Waals surface area contributed by atoms with Gasteiger partial charge in [0.15, 0.2) is 0 Å². The number of nitriles is 1. The van der Waals surface area contributed by atoms with Crippen LogP contribution in [0.4, 0.5) is 0 Å². The molecule has 3 heteroatoms. The molecule has 0 aliphatic rings. The molecule has 0 spiro atoms. The molecule has 26 heavy (non-hydrogen) atoms. The lowest BCUT2D eigenvalue weighted by molar-refractivity contribution is 1.24. The molecule has 0 atom stereocenters. The zero-order valence-corrected chi connectivity index (χ0v) is 15.9. The Morgan fingerprint density at radius 3 is 2.38 bits per heavy atom. The first-order valence-electron chi connectivity index (χ1n) is 8.41. The average molecular weight is 374 g/mol. The Morgan fingerprint density at radius 1 is 0.923 bits per heavy atom. The number of thiophene rings is 1. The van der Waals surface area contributed by atoms with Gasteiger partial charge in [-0.25, -0.2) is 0 Å². The van der Waals surface area contributed by atoms with Crippen molar-refractivity contribution >= 4 is 33.7 Å². The van der Waals surface area contributed by atoms with Crippen molar-refractivity contribution in [1.29, 1.82) is 5.26 Å². The van der Waals surface area contributed by atoms with Gasteiger partial charge < -0.3 is 0 Å². The third-order valence-corrected chi connectivity index (χ3v) is 5.92. The van der Waals surface area contributed by atoms with Crippen molar-refractivity contribution in [2.75, 3.05) is 0 Å². The molecule has 0 saturated heterocycles. The van der Waals surface area contributed by atoms with Crippen LogP contribution in [0.2, 0.25) is 5.02 Å². The molecule has 0 aliphatic heterocycles. The first kappa shape index (κ1) is 16.8. The van der Waals surface area contributed by atoms with Gasteiger partial charge in [-0.3, -0.25) is 0 Å². The summed E-state index contributed by atoms with van der Waals surface area (Å²) in [6.07, 6.45) is 0.793. The minimum Gasteiger partial charge on any atom is -0.192 e. The van der Waals surface area contributed by atoms with Gasteiger partial charge >= 0.3 is 0 Å². The second-order valence-electron chi connectivity index (χ2n) is 6.34. The highest BCUT2D eigenvalue weighted by Gasteiger charge is 2.14. The number of hydrogen-bond donors (Lipinski definition) is 0. The van der Waals surface area contributed by atoms with Crippen LogP contribution < -0.4 is 0 Å². The summed E-state index contributed by atoms with van der Waals surface area (Å²) < 4.78 is 0. The van der Waals surface area contributed by atoms with Gasteiger partial charge in [0.05, 0.1) is 0 Å². The number of rotatable bonds is 3. The van der Waals surface area contributed by atoms with Crippen LogP contribution in [-0.4, -0.2) is 0 Å². The minimum atomic E-state index is 0.738. The number of halogens is 1. The van der Waals surface area contributed by atoms with Crippen molar-refractivity contribution < 1.29 is 0 Å². The summed E-state index contributed by atoms with van der Waals surface area (Å²) in [5.74, 6) is 0. The Hall–Kier alpha value is -2.60. The largest absolute Gasteiger partial charge is 0.192 e. The highest BCUT2D eigenvalue weighted by Crippen LogP contribution is 2.38. The average Bonchev–Trinajstić information content (AvgIpc) is 3.07. The fraction of sp³-hybridized carbons (Fsp3) is 0.0870. The molecule has 0 unspecified atom stereocenters. The van der Waals surface area contributed by atoms with E-state index in [0.29, 0.717) is 0 Å². The van der Waals surface area contributed by atoms with Crippen LogP contribution >= 0.6 is 22.9 Å². The van der Waals surface area contributed by atoms with E-state index in [4.69, 9.17) is 11.6 Å². The fourth-order valence-corrected chi connectivity index (χ4v) is 4.45. The molecule has 0 fully saturated rings. The number of aryl methyl sites for hydroxylation is 1. The molecule has 0 amide bonds. The van der Waals surface area contributed by atoms with Crippen LogP contribution in [0.5, 0.6) is 0 Å². The van der Waals surface area contributed by atoms with Crippen molar-refractivity contribution in [2.24, 2.45) is 0 Å². The highest BCUT2D eigenvalue weighted by atomic mass is 35.5. The van der Waals surface area contributed by atoms with E-state index in [0.717, 1.165) is 21.9 Å². The van der Waals surface area contributed by atoms with Gasteiger partial charge in [-0.15, -0.1) is 11.3 Å². The van der Waals surface area contributed by atoms with Gasteiger partial charge in [-0.2, -0.15) is 5.26 Å². The third-order valence-electron chi connectivity index (χ3n) is 4.63. The number of benzene rings is 3. The molecule has 0 radical (unpaired) electrons. The fourth-order valence-electron chi connectivity index (χ4n) is 3.32. The van der Waals surface area contributed by atoms with Crippen molar-refractivity contribution in [3.05, 3.63) is 92.6 Å². The Bertz CT molecular complexity index is 1130. The second-order valence-corrected chi connectivity index (χ2v) is 7.91. The van der Waals surface area contributed by atoms with E-state index < -0.39 is 0 Å². The Kier molecular flexibility index (Phi) is 4.51. The molecule has 4 aromatic rings. The van der Waals surface area contributed by atoms with Crippen LogP contribution in [0.3, 0.4) is 0 Å². The molecule has 126 valence electrons. The zero-order valence-electron chi connectivity index (χ0n) is 14.3. The Morgan fingerprint density at radius 2 is 1.65 bits per heavy atom. The van der Waals surface area contributed by atoms with E-state index in [1.54, 1.807) is 11.3 Å². The lowest BCUT2D eigenvalue weighted by Gasteiger charge is -2.10. The monoisotopic (exact) mass is 373 g/mol. The van der Waals surface area contributed by atoms with Gasteiger partial charge in [0, 0.05) is 16.3 Å². The summed E-state index contributed by atoms with van der Waals surface area (Å²) in [7, 11) is 0. The zero-order chi connectivity index (χ0) is 18.1. The van der Waals surface area contributed by atoms with Gasteiger partial charge in [0.2, 0.25) is 0 Å². The minimum absolute atomic E-state index is 0.738. The van der Waals surface area contributed by atoms with Crippen LogP contribution in [-0.2, 0) is 6.42 Å². The van der Waals surface area contributed by atoms with Crippen molar-refractivity contribution in [1.82, 2.24) is 0 Å². The summed E-state index contributed by atoms with van der Waals surface area (Å²) in [4.78, 5) is 1.95. The number of fused-ring (bicyclic) bond motifs is 1. The number of hydrogen-bond acceptors (Lipinski definition) is 2. The molecule has 3 aromatic carbocycles. The lowest BCUT2D eigenvalue weighted by atomic mass is 9.94. The predicted molar refractivity (Wildman–Crippen MR) is 111 cm³/mol. The smallest absolute Gasteiger partial charge is 0.110 e. The van der Waals surface area contributed by atoms with Crippen LogP contribution in [0.15, 0.2) is 66.7 Å². The molecule has 1 heterocycles. The molecule has 1 nitrogen and oxygen atoms in total. The van der Waals surface area contributed by atoms with E-state index >= 15 is 0 Å². The molecule has 0 saturated carbocycles. The molecular formula is C23H16ClNS. The SMILES string of the molecule is Cc1ccc(-c2cc(C#N)sc2Cc2ccc(Cl)cc2)c2ccccc12. The quantitative estimate of drug-likeness (QED) is 0.379. The van der Waals surface area contributed by atoms with Crippen molar-refractivity contribution in [3.63, 3.8) is 0 Å². The Labute approximate surface area is 162 Å². The first-order valence-corrected chi connectivity index (χ1v) is 9.61. The van der Waals surface area contributed by atoms with Gasteiger partial charge in [0.25, 0.3) is 0 Å². The summed E-state index contributed by atoms with van der Waals surface area (Å²) in [5, 5.41) is 12.6. The maximum Gasteiger partial charge on any atom is 0.110 e. The predicted octanol–water partition coefficient (Wildman–Crippen LogP) is 6.99. The molecule has 1 aromatic heterocycles. The third kappa shape index (κ3) is 3.12. The maximum absolute atomic E-state index is 9.43. The van der Waals surface area contributed by atoms with Crippen molar-refractivity contribution in [2.45, 2.75) is 13.3 Å². The maximum atomic E-state index is 9.43. The van der Waals surface area contributed by atoms with Crippen LogP contribution in [0, 0.1) is 18.3 Å². The Balaban J connectivity index is 1.87. The topological polar surface area (TPSA) is 23.8 Å². The molecule has 0 aliphatic carbocycles. The molecule has 4 rings (SSSR count). The standard InChI is InChI=1S/C23H16ClNS/c1-15-6-11-21(20-5-3-2-4-19(15)20)22-13-18(14-25)26-23(22)12-16-7-9-17(24)10-8-16/h2-11,13H,12H2,1H3. The summed E-state index contributed by atoms with van der Waals surface area (Å²) >= 11 is 7.58. The summed E-state index contributed by atoms with van der Waals surface area (Å²) in [5.41, 5.74) is 4.79. The molecular weight excluding hydrogens is 358 g/mol. The second kappa shape index (κ2) is 6.96. The van der Waals surface area contributed by atoms with E-state index in [-0.39, 0.29) is 0 Å². The van der Waals surface area contributed by atoms with Gasteiger partial charge in [-0.05, 0) is 58.1 Å². The van der Waals surface area contributed by atoms with E-state index in [2.05, 4.69) is 49.4 Å². The molecule has 0 N–H and O–H groups in total. The van der Waals surface area contributed by atoms with Crippen LogP contribution in [0.1, 0.15) is 20.9 Å². The normalized spacial score (nSPS) is 10.8. The van der Waals surface area contributed by atoms with E-state index in [1.165, 1.54) is 32.3 Å². The van der Waals surface area contributed by atoms with E-state index in [1.807, 2.05) is 30.3 Å². The number of nitrogens with zero attached hydrogens (tertiary/aromatic N) is 1. The van der Waals surface area contributed by atoms with Gasteiger partial charge in [0.1, 0.15) is 10.9 Å². The van der Waals surface area contributed by atoms with Gasteiger partial charge in [-0.1, -0.05) is 60.1 Å². The van der Waals surface area contributed by atoms with Crippen LogP contribution in [0.25, 0.3) is 21.9 Å². The summed E-state index contributed by atoms with van der Waals surface area (Å²) in [6, 6.07) is 25.0.